The summed E-state index contributed by atoms with van der Waals surface area (Å²) in [5.41, 5.74) is 0.110. The fraction of sp³-hybridized carbons (Fsp3) is 0.467. The SMILES string of the molecule is CCOC(=O)N1CCN(C(=O)c2cc(S(N)(=O)=O)ccc2OC)CC1. The van der Waals surface area contributed by atoms with Crippen LogP contribution in [0.15, 0.2) is 23.1 Å². The number of carbonyl (C=O) groups excluding carboxylic acids is 2. The molecule has 1 heterocycles. The molecular formula is C15H21N3O6S. The summed E-state index contributed by atoms with van der Waals surface area (Å²) in [4.78, 5) is 27.3. The Balaban J connectivity index is 2.17. The van der Waals surface area contributed by atoms with Crippen LogP contribution in [0, 0.1) is 0 Å². The maximum Gasteiger partial charge on any atom is 0.409 e. The molecule has 2 amide bonds. The van der Waals surface area contributed by atoms with Crippen LogP contribution in [0.25, 0.3) is 0 Å². The fourth-order valence-electron chi connectivity index (χ4n) is 2.51. The van der Waals surface area contributed by atoms with Crippen molar-refractivity contribution in [3.8, 4) is 5.75 Å². The molecule has 1 aromatic rings. The van der Waals surface area contributed by atoms with Crippen molar-refractivity contribution in [2.45, 2.75) is 11.8 Å². The Morgan fingerprint density at radius 3 is 2.28 bits per heavy atom. The van der Waals surface area contributed by atoms with E-state index in [0.717, 1.165) is 0 Å². The lowest BCUT2D eigenvalue weighted by atomic mass is 10.1. The maximum absolute atomic E-state index is 12.7. The summed E-state index contributed by atoms with van der Waals surface area (Å²) < 4.78 is 33.1. The number of methoxy groups -OCH3 is 1. The molecule has 0 radical (unpaired) electrons. The molecule has 0 spiro atoms. The van der Waals surface area contributed by atoms with Crippen LogP contribution >= 0.6 is 0 Å². The van der Waals surface area contributed by atoms with Gasteiger partial charge in [0.2, 0.25) is 10.0 Å². The summed E-state index contributed by atoms with van der Waals surface area (Å²) in [5, 5.41) is 5.12. The zero-order valence-electron chi connectivity index (χ0n) is 14.1. The van der Waals surface area contributed by atoms with E-state index in [-0.39, 0.29) is 28.7 Å². The van der Waals surface area contributed by atoms with E-state index in [1.165, 1.54) is 35.1 Å². The van der Waals surface area contributed by atoms with Crippen molar-refractivity contribution < 1.29 is 27.5 Å². The van der Waals surface area contributed by atoms with Crippen molar-refractivity contribution >= 4 is 22.0 Å². The number of ether oxygens (including phenoxy) is 2. The largest absolute Gasteiger partial charge is 0.496 e. The average Bonchev–Trinajstić information content (AvgIpc) is 2.60. The second-order valence-electron chi connectivity index (χ2n) is 5.39. The molecule has 1 aromatic carbocycles. The lowest BCUT2D eigenvalue weighted by Crippen LogP contribution is -2.50. The normalized spacial score (nSPS) is 15.0. The van der Waals surface area contributed by atoms with Gasteiger partial charge in [-0.05, 0) is 25.1 Å². The van der Waals surface area contributed by atoms with Crippen LogP contribution in [-0.2, 0) is 14.8 Å². The Hall–Kier alpha value is -2.33. The molecule has 1 fully saturated rings. The minimum atomic E-state index is -3.94. The molecule has 10 heteroatoms. The van der Waals surface area contributed by atoms with Gasteiger partial charge in [0.15, 0.2) is 0 Å². The third kappa shape index (κ3) is 4.40. The van der Waals surface area contributed by atoms with Gasteiger partial charge in [-0.2, -0.15) is 0 Å². The number of amides is 2. The van der Waals surface area contributed by atoms with E-state index in [9.17, 15) is 18.0 Å². The van der Waals surface area contributed by atoms with E-state index < -0.39 is 16.1 Å². The van der Waals surface area contributed by atoms with Gasteiger partial charge in [0, 0.05) is 26.2 Å². The summed E-state index contributed by atoms with van der Waals surface area (Å²) in [7, 11) is -2.55. The zero-order chi connectivity index (χ0) is 18.6. The van der Waals surface area contributed by atoms with Crippen LogP contribution in [0.1, 0.15) is 17.3 Å². The molecule has 0 bridgehead atoms. The molecule has 138 valence electrons. The van der Waals surface area contributed by atoms with E-state index >= 15 is 0 Å². The fourth-order valence-corrected chi connectivity index (χ4v) is 3.05. The maximum atomic E-state index is 12.7. The number of rotatable bonds is 4. The highest BCUT2D eigenvalue weighted by Crippen LogP contribution is 2.24. The summed E-state index contributed by atoms with van der Waals surface area (Å²) in [5.74, 6) is -0.129. The highest BCUT2D eigenvalue weighted by molar-refractivity contribution is 7.89. The predicted octanol–water partition coefficient (Wildman–Crippen LogP) is 0.257. The number of hydrogen-bond acceptors (Lipinski definition) is 6. The third-order valence-electron chi connectivity index (χ3n) is 3.82. The molecule has 0 saturated carbocycles. The van der Waals surface area contributed by atoms with Crippen molar-refractivity contribution in [3.63, 3.8) is 0 Å². The van der Waals surface area contributed by atoms with Gasteiger partial charge >= 0.3 is 6.09 Å². The highest BCUT2D eigenvalue weighted by atomic mass is 32.2. The van der Waals surface area contributed by atoms with Crippen LogP contribution < -0.4 is 9.88 Å². The number of piperazine rings is 1. The van der Waals surface area contributed by atoms with Gasteiger partial charge in [0.25, 0.3) is 5.91 Å². The molecular weight excluding hydrogens is 350 g/mol. The Morgan fingerprint density at radius 1 is 1.16 bits per heavy atom. The van der Waals surface area contributed by atoms with Crippen molar-refractivity contribution in [3.05, 3.63) is 23.8 Å². The lowest BCUT2D eigenvalue weighted by molar-refractivity contribution is 0.0567. The number of nitrogens with zero attached hydrogens (tertiary/aromatic N) is 2. The van der Waals surface area contributed by atoms with E-state index in [0.29, 0.717) is 26.2 Å². The first kappa shape index (κ1) is 19.0. The summed E-state index contributed by atoms with van der Waals surface area (Å²) >= 11 is 0. The minimum absolute atomic E-state index is 0.110. The Kier molecular flexibility index (Phi) is 5.85. The molecule has 1 aliphatic rings. The van der Waals surface area contributed by atoms with Crippen LogP contribution in [0.3, 0.4) is 0 Å². The number of primary sulfonamides is 1. The molecule has 2 rings (SSSR count). The summed E-state index contributed by atoms with van der Waals surface area (Å²) in [6.07, 6.45) is -0.414. The molecule has 2 N–H and O–H groups in total. The number of benzene rings is 1. The van der Waals surface area contributed by atoms with Crippen LogP contribution in [0.5, 0.6) is 5.75 Å². The topological polar surface area (TPSA) is 119 Å². The van der Waals surface area contributed by atoms with Gasteiger partial charge in [-0.1, -0.05) is 0 Å². The summed E-state index contributed by atoms with van der Waals surface area (Å²) in [6, 6.07) is 3.87. The van der Waals surface area contributed by atoms with E-state index in [1.54, 1.807) is 6.92 Å². The van der Waals surface area contributed by atoms with E-state index in [1.807, 2.05) is 0 Å². The number of carbonyl (C=O) groups is 2. The first-order valence-electron chi connectivity index (χ1n) is 7.69. The summed E-state index contributed by atoms with van der Waals surface area (Å²) in [6.45, 7) is 3.29. The Morgan fingerprint density at radius 2 is 1.76 bits per heavy atom. The highest BCUT2D eigenvalue weighted by Gasteiger charge is 2.27. The quantitative estimate of drug-likeness (QED) is 0.811. The molecule has 0 unspecified atom stereocenters. The predicted molar refractivity (Wildman–Crippen MR) is 88.9 cm³/mol. The minimum Gasteiger partial charge on any atom is -0.496 e. The smallest absolute Gasteiger partial charge is 0.409 e. The molecule has 25 heavy (non-hydrogen) atoms. The Labute approximate surface area is 146 Å². The Bertz CT molecular complexity index is 757. The second-order valence-corrected chi connectivity index (χ2v) is 6.95. The number of sulfonamides is 1. The van der Waals surface area contributed by atoms with Crippen molar-refractivity contribution in [2.75, 3.05) is 39.9 Å². The first-order chi connectivity index (χ1) is 11.8. The monoisotopic (exact) mass is 371 g/mol. The zero-order valence-corrected chi connectivity index (χ0v) is 14.9. The molecule has 0 aromatic heterocycles. The molecule has 0 atom stereocenters. The standard InChI is InChI=1S/C15H21N3O6S/c1-3-24-15(20)18-8-6-17(7-9-18)14(19)12-10-11(25(16,21)22)4-5-13(12)23-2/h4-5,10H,3,6-9H2,1-2H3,(H2,16,21,22). The van der Waals surface area contributed by atoms with Crippen molar-refractivity contribution in [1.82, 2.24) is 9.80 Å². The average molecular weight is 371 g/mol. The van der Waals surface area contributed by atoms with Gasteiger partial charge in [-0.25, -0.2) is 18.4 Å². The number of nitrogens with two attached hydrogens (primary N) is 1. The van der Waals surface area contributed by atoms with Gasteiger partial charge < -0.3 is 19.3 Å². The third-order valence-corrected chi connectivity index (χ3v) is 4.73. The number of hydrogen-bond donors (Lipinski definition) is 1. The second kappa shape index (κ2) is 7.70. The van der Waals surface area contributed by atoms with Crippen LogP contribution in [0.4, 0.5) is 4.79 Å². The first-order valence-corrected chi connectivity index (χ1v) is 9.24. The molecule has 1 aliphatic heterocycles. The molecule has 0 aliphatic carbocycles. The lowest BCUT2D eigenvalue weighted by Gasteiger charge is -2.34. The van der Waals surface area contributed by atoms with Crippen LogP contribution in [0.2, 0.25) is 0 Å². The van der Waals surface area contributed by atoms with E-state index in [2.05, 4.69) is 0 Å². The van der Waals surface area contributed by atoms with Crippen LogP contribution in [-0.4, -0.2) is 70.1 Å². The van der Waals surface area contributed by atoms with Gasteiger partial charge in [-0.3, -0.25) is 4.79 Å². The van der Waals surface area contributed by atoms with Crippen molar-refractivity contribution in [1.29, 1.82) is 0 Å². The van der Waals surface area contributed by atoms with E-state index in [4.69, 9.17) is 14.6 Å². The van der Waals surface area contributed by atoms with Crippen molar-refractivity contribution in [2.24, 2.45) is 5.14 Å². The molecule has 9 nitrogen and oxygen atoms in total. The van der Waals surface area contributed by atoms with Gasteiger partial charge in [0.05, 0.1) is 24.2 Å². The van der Waals surface area contributed by atoms with Gasteiger partial charge in [0.1, 0.15) is 5.75 Å². The van der Waals surface area contributed by atoms with Gasteiger partial charge in [-0.15, -0.1) is 0 Å². The molecule has 1 saturated heterocycles.